The number of nitrogens with zero attached hydrogens (tertiary/aromatic N) is 2. The van der Waals surface area contributed by atoms with E-state index in [9.17, 15) is 8.42 Å². The quantitative estimate of drug-likeness (QED) is 0.753. The van der Waals surface area contributed by atoms with Gasteiger partial charge in [0.2, 0.25) is 0 Å². The minimum atomic E-state index is -3.56. The second-order valence-electron chi connectivity index (χ2n) is 2.97. The van der Waals surface area contributed by atoms with E-state index in [-0.39, 0.29) is 0 Å². The summed E-state index contributed by atoms with van der Waals surface area (Å²) in [6, 6.07) is 3.69. The van der Waals surface area contributed by atoms with Gasteiger partial charge >= 0.3 is 0 Å². The molecule has 78 valence electrons. The first kappa shape index (κ1) is 11.1. The van der Waals surface area contributed by atoms with Crippen molar-refractivity contribution in [2.24, 2.45) is 5.14 Å². The molecule has 2 N–H and O–H groups in total. The zero-order chi connectivity index (χ0) is 10.6. The molecule has 0 saturated heterocycles. The Balaban J connectivity index is 2.50. The van der Waals surface area contributed by atoms with E-state index < -0.39 is 10.2 Å². The van der Waals surface area contributed by atoms with Gasteiger partial charge in [0, 0.05) is 26.0 Å². The summed E-state index contributed by atoms with van der Waals surface area (Å²) in [5.74, 6) is 0. The number of hydrogen-bond acceptors (Lipinski definition) is 3. The maximum Gasteiger partial charge on any atom is 0.276 e. The van der Waals surface area contributed by atoms with E-state index in [0.717, 1.165) is 9.87 Å². The fourth-order valence-electron chi connectivity index (χ4n) is 0.963. The molecule has 0 aromatic carbocycles. The number of likely N-dealkylation sites (N-methyl/N-ethyl adjacent to an activating group) is 1. The highest BCUT2D eigenvalue weighted by atomic mass is 32.2. The largest absolute Gasteiger partial charge is 0.276 e. The van der Waals surface area contributed by atoms with Crippen LogP contribution in [0.2, 0.25) is 0 Å². The smallest absolute Gasteiger partial charge is 0.265 e. The molecule has 0 saturated carbocycles. The zero-order valence-electron chi connectivity index (χ0n) is 7.92. The Morgan fingerprint density at radius 2 is 2.00 bits per heavy atom. The fraction of sp³-hybridized carbons (Fsp3) is 0.375. The Hall–Kier alpha value is -0.980. The van der Waals surface area contributed by atoms with Crippen LogP contribution in [-0.4, -0.2) is 31.3 Å². The van der Waals surface area contributed by atoms with Crippen molar-refractivity contribution in [2.75, 3.05) is 13.6 Å². The van der Waals surface area contributed by atoms with Crippen LogP contribution in [0.5, 0.6) is 0 Å². The highest BCUT2D eigenvalue weighted by Crippen LogP contribution is 1.99. The summed E-state index contributed by atoms with van der Waals surface area (Å²) in [5, 5.41) is 4.93. The van der Waals surface area contributed by atoms with Gasteiger partial charge in [0.1, 0.15) is 0 Å². The third-order valence-electron chi connectivity index (χ3n) is 1.90. The lowest BCUT2D eigenvalue weighted by Gasteiger charge is -2.12. The van der Waals surface area contributed by atoms with Crippen LogP contribution in [-0.2, 0) is 16.6 Å². The van der Waals surface area contributed by atoms with Crippen molar-refractivity contribution >= 4 is 10.2 Å². The molecule has 0 bridgehead atoms. The first-order valence-corrected chi connectivity index (χ1v) is 5.63. The van der Waals surface area contributed by atoms with Crippen molar-refractivity contribution in [3.8, 4) is 0 Å². The lowest BCUT2D eigenvalue weighted by atomic mass is 10.2. The van der Waals surface area contributed by atoms with Gasteiger partial charge in [0.15, 0.2) is 0 Å². The molecule has 0 unspecified atom stereocenters. The van der Waals surface area contributed by atoms with Gasteiger partial charge in [-0.25, -0.2) is 5.14 Å². The van der Waals surface area contributed by atoms with Crippen LogP contribution in [0.3, 0.4) is 0 Å². The van der Waals surface area contributed by atoms with E-state index in [2.05, 4.69) is 4.98 Å². The van der Waals surface area contributed by atoms with E-state index in [1.165, 1.54) is 7.05 Å². The minimum absolute atomic E-state index is 0.378. The average Bonchev–Trinajstić information content (AvgIpc) is 2.14. The number of rotatable bonds is 4. The minimum Gasteiger partial charge on any atom is -0.265 e. The Kier molecular flexibility index (Phi) is 3.56. The molecule has 1 aromatic rings. The van der Waals surface area contributed by atoms with Crippen molar-refractivity contribution in [1.82, 2.24) is 9.29 Å². The van der Waals surface area contributed by atoms with Crippen LogP contribution >= 0.6 is 0 Å². The normalized spacial score (nSPS) is 11.9. The lowest BCUT2D eigenvalue weighted by molar-refractivity contribution is 0.474. The van der Waals surface area contributed by atoms with Gasteiger partial charge in [-0.2, -0.15) is 12.7 Å². The van der Waals surface area contributed by atoms with Gasteiger partial charge in [-0.05, 0) is 24.1 Å². The predicted octanol–water partition coefficient (Wildman–Crippen LogP) is -0.241. The number of hydrogen-bond donors (Lipinski definition) is 1. The third kappa shape index (κ3) is 3.41. The highest BCUT2D eigenvalue weighted by Gasteiger charge is 2.10. The molecule has 0 aliphatic heterocycles. The van der Waals surface area contributed by atoms with Gasteiger partial charge in [0.05, 0.1) is 0 Å². The topological polar surface area (TPSA) is 76.3 Å². The third-order valence-corrected chi connectivity index (χ3v) is 2.95. The average molecular weight is 215 g/mol. The van der Waals surface area contributed by atoms with Crippen LogP contribution in [0.25, 0.3) is 0 Å². The summed E-state index contributed by atoms with van der Waals surface area (Å²) in [6.07, 6.45) is 3.98. The molecule has 0 aliphatic rings. The number of aromatic nitrogens is 1. The molecule has 0 aliphatic carbocycles. The molecular formula is C8H13N3O2S. The predicted molar refractivity (Wildman–Crippen MR) is 53.7 cm³/mol. The van der Waals surface area contributed by atoms with Gasteiger partial charge in [-0.15, -0.1) is 0 Å². The van der Waals surface area contributed by atoms with E-state index in [1.807, 2.05) is 12.1 Å². The monoisotopic (exact) mass is 215 g/mol. The van der Waals surface area contributed by atoms with E-state index in [4.69, 9.17) is 5.14 Å². The van der Waals surface area contributed by atoms with E-state index in [1.54, 1.807) is 12.4 Å². The second-order valence-corrected chi connectivity index (χ2v) is 4.63. The van der Waals surface area contributed by atoms with Crippen LogP contribution in [0.1, 0.15) is 5.56 Å². The maximum atomic E-state index is 10.8. The van der Waals surface area contributed by atoms with Gasteiger partial charge in [0.25, 0.3) is 10.2 Å². The van der Waals surface area contributed by atoms with Gasteiger partial charge < -0.3 is 0 Å². The Morgan fingerprint density at radius 3 is 2.50 bits per heavy atom. The van der Waals surface area contributed by atoms with Crippen molar-refractivity contribution < 1.29 is 8.42 Å². The van der Waals surface area contributed by atoms with Crippen LogP contribution in [0, 0.1) is 0 Å². The first-order valence-electron chi connectivity index (χ1n) is 4.13. The molecular weight excluding hydrogens is 202 g/mol. The Morgan fingerprint density at radius 1 is 1.43 bits per heavy atom. The molecule has 0 amide bonds. The first-order chi connectivity index (χ1) is 6.50. The molecule has 5 nitrogen and oxygen atoms in total. The van der Waals surface area contributed by atoms with Crippen molar-refractivity contribution in [2.45, 2.75) is 6.42 Å². The summed E-state index contributed by atoms with van der Waals surface area (Å²) in [4.78, 5) is 3.86. The maximum absolute atomic E-state index is 10.8. The van der Waals surface area contributed by atoms with Gasteiger partial charge in [-0.1, -0.05) is 0 Å². The molecule has 1 aromatic heterocycles. The molecule has 1 rings (SSSR count). The Labute approximate surface area is 83.7 Å². The Bertz CT molecular complexity index is 377. The molecule has 0 radical (unpaired) electrons. The van der Waals surface area contributed by atoms with Crippen molar-refractivity contribution in [1.29, 1.82) is 0 Å². The van der Waals surface area contributed by atoms with Crippen LogP contribution < -0.4 is 5.14 Å². The van der Waals surface area contributed by atoms with Crippen molar-refractivity contribution in [3.05, 3.63) is 30.1 Å². The van der Waals surface area contributed by atoms with Crippen molar-refractivity contribution in [3.63, 3.8) is 0 Å². The van der Waals surface area contributed by atoms with E-state index in [0.29, 0.717) is 13.0 Å². The number of nitrogens with two attached hydrogens (primary N) is 1. The van der Waals surface area contributed by atoms with Crippen LogP contribution in [0.15, 0.2) is 24.5 Å². The van der Waals surface area contributed by atoms with Gasteiger partial charge in [-0.3, -0.25) is 4.98 Å². The van der Waals surface area contributed by atoms with E-state index >= 15 is 0 Å². The molecule has 1 heterocycles. The highest BCUT2D eigenvalue weighted by molar-refractivity contribution is 7.86. The lowest BCUT2D eigenvalue weighted by Crippen LogP contribution is -2.34. The fourth-order valence-corrected chi connectivity index (χ4v) is 1.31. The van der Waals surface area contributed by atoms with Crippen LogP contribution in [0.4, 0.5) is 0 Å². The summed E-state index contributed by atoms with van der Waals surface area (Å²) < 4.78 is 22.8. The molecule has 0 fully saturated rings. The molecule has 0 spiro atoms. The zero-order valence-corrected chi connectivity index (χ0v) is 8.74. The summed E-state index contributed by atoms with van der Waals surface area (Å²) in [6.45, 7) is 0.378. The summed E-state index contributed by atoms with van der Waals surface area (Å²) in [5.41, 5.74) is 1.04. The molecule has 0 atom stereocenters. The molecule has 14 heavy (non-hydrogen) atoms. The number of pyridine rings is 1. The summed E-state index contributed by atoms with van der Waals surface area (Å²) >= 11 is 0. The standard InChI is InChI=1S/C8H13N3O2S/c1-11(14(9,12)13)7-4-8-2-5-10-6-3-8/h2-3,5-6H,4,7H2,1H3,(H2,9,12,13). The molecule has 6 heteroatoms. The second kappa shape index (κ2) is 4.50. The SMILES string of the molecule is CN(CCc1ccncc1)S(N)(=O)=O. The summed E-state index contributed by atoms with van der Waals surface area (Å²) in [7, 11) is -2.10.